The molecule has 2 heteroatoms. The predicted molar refractivity (Wildman–Crippen MR) is 38.5 cm³/mol. The summed E-state index contributed by atoms with van der Waals surface area (Å²) in [6.07, 6.45) is 2.01. The van der Waals surface area contributed by atoms with Crippen LogP contribution in [0.3, 0.4) is 0 Å². The minimum atomic E-state index is 0.626. The average Bonchev–Trinajstić information content (AvgIpc) is 1.87. The maximum atomic E-state index is 4.88. The van der Waals surface area contributed by atoms with Gasteiger partial charge in [0.1, 0.15) is 5.76 Å². The topological polar surface area (TPSA) is 35.2 Å². The fourth-order valence-corrected chi connectivity index (χ4v) is 0.581. The third kappa shape index (κ3) is 4.03. The van der Waals surface area contributed by atoms with Crippen LogP contribution in [0.2, 0.25) is 0 Å². The molecule has 54 valence electrons. The molecule has 0 saturated carbocycles. The molecule has 0 rings (SSSR count). The standard InChI is InChI=1S/C7H15NO/c1-4-6(2)5-7(3)9-8/h6H,3-5,8H2,1-2H3. The van der Waals surface area contributed by atoms with Crippen molar-refractivity contribution < 1.29 is 4.84 Å². The molecule has 2 N–H and O–H groups in total. The maximum absolute atomic E-state index is 4.88. The molecule has 0 aromatic carbocycles. The van der Waals surface area contributed by atoms with Crippen LogP contribution in [0.25, 0.3) is 0 Å². The summed E-state index contributed by atoms with van der Waals surface area (Å²) in [7, 11) is 0. The first-order valence-electron chi connectivity index (χ1n) is 3.25. The normalized spacial score (nSPS) is 12.8. The van der Waals surface area contributed by atoms with Crippen molar-refractivity contribution in [1.29, 1.82) is 0 Å². The smallest absolute Gasteiger partial charge is 0.117 e. The van der Waals surface area contributed by atoms with E-state index in [9.17, 15) is 0 Å². The first kappa shape index (κ1) is 8.50. The summed E-state index contributed by atoms with van der Waals surface area (Å²) in [5.41, 5.74) is 0. The Labute approximate surface area is 56.6 Å². The van der Waals surface area contributed by atoms with E-state index >= 15 is 0 Å². The van der Waals surface area contributed by atoms with E-state index in [1.54, 1.807) is 0 Å². The Morgan fingerprint density at radius 2 is 2.33 bits per heavy atom. The van der Waals surface area contributed by atoms with Crippen molar-refractivity contribution in [3.63, 3.8) is 0 Å². The van der Waals surface area contributed by atoms with Gasteiger partial charge in [-0.2, -0.15) is 5.90 Å². The van der Waals surface area contributed by atoms with E-state index < -0.39 is 0 Å². The van der Waals surface area contributed by atoms with Crippen LogP contribution in [0.1, 0.15) is 26.7 Å². The molecule has 0 radical (unpaired) electrons. The van der Waals surface area contributed by atoms with Gasteiger partial charge in [0, 0.05) is 6.42 Å². The first-order chi connectivity index (χ1) is 4.20. The van der Waals surface area contributed by atoms with Crippen LogP contribution in [0, 0.1) is 5.92 Å². The van der Waals surface area contributed by atoms with Gasteiger partial charge in [-0.15, -0.1) is 0 Å². The molecule has 0 fully saturated rings. The molecule has 0 amide bonds. The lowest BCUT2D eigenvalue weighted by Gasteiger charge is -2.07. The van der Waals surface area contributed by atoms with Gasteiger partial charge in [0.2, 0.25) is 0 Å². The molecule has 0 bridgehead atoms. The zero-order chi connectivity index (χ0) is 7.28. The third-order valence-corrected chi connectivity index (χ3v) is 1.44. The molecule has 2 nitrogen and oxygen atoms in total. The van der Waals surface area contributed by atoms with Crippen molar-refractivity contribution in [3.8, 4) is 0 Å². The molecule has 0 aromatic heterocycles. The van der Waals surface area contributed by atoms with Crippen molar-refractivity contribution in [1.82, 2.24) is 0 Å². The van der Waals surface area contributed by atoms with E-state index in [2.05, 4.69) is 25.3 Å². The summed E-state index contributed by atoms with van der Waals surface area (Å²) in [6, 6.07) is 0. The Hall–Kier alpha value is -0.500. The van der Waals surface area contributed by atoms with Crippen LogP contribution >= 0.6 is 0 Å². The lowest BCUT2D eigenvalue weighted by molar-refractivity contribution is 0.201. The summed E-state index contributed by atoms with van der Waals surface area (Å²) in [5.74, 6) is 6.17. The van der Waals surface area contributed by atoms with Gasteiger partial charge < -0.3 is 4.84 Å². The second-order valence-corrected chi connectivity index (χ2v) is 2.37. The van der Waals surface area contributed by atoms with Gasteiger partial charge in [0.05, 0.1) is 0 Å². The van der Waals surface area contributed by atoms with Crippen LogP contribution in [0.15, 0.2) is 12.3 Å². The van der Waals surface area contributed by atoms with Gasteiger partial charge in [0.15, 0.2) is 0 Å². The number of hydrogen-bond donors (Lipinski definition) is 1. The average molecular weight is 129 g/mol. The highest BCUT2D eigenvalue weighted by atomic mass is 16.6. The van der Waals surface area contributed by atoms with E-state index in [4.69, 9.17) is 5.90 Å². The highest BCUT2D eigenvalue weighted by Gasteiger charge is 2.00. The van der Waals surface area contributed by atoms with Crippen molar-refractivity contribution in [2.45, 2.75) is 26.7 Å². The Morgan fingerprint density at radius 1 is 1.78 bits per heavy atom. The number of allylic oxidation sites excluding steroid dienone is 1. The van der Waals surface area contributed by atoms with Crippen LogP contribution in [-0.4, -0.2) is 0 Å². The Bertz CT molecular complexity index is 90.9. The fourth-order valence-electron chi connectivity index (χ4n) is 0.581. The third-order valence-electron chi connectivity index (χ3n) is 1.44. The Morgan fingerprint density at radius 3 is 2.67 bits per heavy atom. The number of rotatable bonds is 4. The molecular weight excluding hydrogens is 114 g/mol. The van der Waals surface area contributed by atoms with E-state index in [-0.39, 0.29) is 0 Å². The number of hydrogen-bond acceptors (Lipinski definition) is 2. The van der Waals surface area contributed by atoms with Gasteiger partial charge >= 0.3 is 0 Å². The highest BCUT2D eigenvalue weighted by molar-refractivity contribution is 4.82. The van der Waals surface area contributed by atoms with Crippen LogP contribution in [-0.2, 0) is 4.84 Å². The molecule has 0 aliphatic rings. The van der Waals surface area contributed by atoms with Crippen molar-refractivity contribution in [2.75, 3.05) is 0 Å². The monoisotopic (exact) mass is 129 g/mol. The fraction of sp³-hybridized carbons (Fsp3) is 0.714. The summed E-state index contributed by atoms with van der Waals surface area (Å²) in [5, 5.41) is 0. The minimum absolute atomic E-state index is 0.626. The molecule has 1 atom stereocenters. The SMILES string of the molecule is C=C(CC(C)CC)ON. The molecule has 0 aromatic rings. The summed E-state index contributed by atoms with van der Waals surface area (Å²) >= 11 is 0. The Balaban J connectivity index is 3.34. The van der Waals surface area contributed by atoms with Crippen LogP contribution in [0.5, 0.6) is 0 Å². The van der Waals surface area contributed by atoms with Gasteiger partial charge in [-0.05, 0) is 5.92 Å². The molecule has 0 aliphatic carbocycles. The highest BCUT2D eigenvalue weighted by Crippen LogP contribution is 2.11. The van der Waals surface area contributed by atoms with E-state index in [0.29, 0.717) is 11.7 Å². The molecule has 0 saturated heterocycles. The van der Waals surface area contributed by atoms with Gasteiger partial charge in [-0.3, -0.25) is 0 Å². The van der Waals surface area contributed by atoms with Gasteiger partial charge in [-0.1, -0.05) is 26.8 Å². The molecule has 0 spiro atoms. The summed E-state index contributed by atoms with van der Waals surface area (Å²) in [4.78, 5) is 4.43. The lowest BCUT2D eigenvalue weighted by Crippen LogP contribution is -2.02. The Kier molecular flexibility index (Phi) is 4.14. The summed E-state index contributed by atoms with van der Waals surface area (Å²) < 4.78 is 0. The van der Waals surface area contributed by atoms with Gasteiger partial charge in [0.25, 0.3) is 0 Å². The first-order valence-corrected chi connectivity index (χ1v) is 3.25. The van der Waals surface area contributed by atoms with E-state index in [1.165, 1.54) is 0 Å². The summed E-state index contributed by atoms with van der Waals surface area (Å²) in [6.45, 7) is 7.89. The zero-order valence-corrected chi connectivity index (χ0v) is 6.18. The number of nitrogens with two attached hydrogens (primary N) is 1. The molecule has 1 unspecified atom stereocenters. The predicted octanol–water partition coefficient (Wildman–Crippen LogP) is 1.83. The molecule has 0 heterocycles. The van der Waals surface area contributed by atoms with E-state index in [0.717, 1.165) is 12.8 Å². The largest absolute Gasteiger partial charge is 0.417 e. The van der Waals surface area contributed by atoms with Crippen LogP contribution < -0.4 is 5.90 Å². The second kappa shape index (κ2) is 4.39. The van der Waals surface area contributed by atoms with Crippen molar-refractivity contribution in [3.05, 3.63) is 12.3 Å². The van der Waals surface area contributed by atoms with Gasteiger partial charge in [-0.25, -0.2) is 0 Å². The zero-order valence-electron chi connectivity index (χ0n) is 6.18. The molecule has 9 heavy (non-hydrogen) atoms. The van der Waals surface area contributed by atoms with E-state index in [1.807, 2.05) is 0 Å². The molecule has 0 aliphatic heterocycles. The molecular formula is C7H15NO. The quantitative estimate of drug-likeness (QED) is 0.464. The van der Waals surface area contributed by atoms with Crippen LogP contribution in [0.4, 0.5) is 0 Å². The lowest BCUT2D eigenvalue weighted by atomic mass is 10.0. The second-order valence-electron chi connectivity index (χ2n) is 2.37. The van der Waals surface area contributed by atoms with Crippen molar-refractivity contribution >= 4 is 0 Å². The minimum Gasteiger partial charge on any atom is -0.417 e. The van der Waals surface area contributed by atoms with Crippen molar-refractivity contribution in [2.24, 2.45) is 11.8 Å². The maximum Gasteiger partial charge on any atom is 0.117 e.